The molecule has 0 aliphatic heterocycles. The highest BCUT2D eigenvalue weighted by molar-refractivity contribution is 5.94. The lowest BCUT2D eigenvalue weighted by molar-refractivity contribution is 0.0689. The van der Waals surface area contributed by atoms with Gasteiger partial charge in [-0.3, -0.25) is 4.79 Å². The number of nitrogens with zero attached hydrogens (tertiary/aromatic N) is 1. The van der Waals surface area contributed by atoms with Crippen LogP contribution in [0.1, 0.15) is 62.0 Å². The van der Waals surface area contributed by atoms with Gasteiger partial charge < -0.3 is 20.7 Å². The number of aromatic nitrogens is 1. The number of nitrogens with one attached hydrogen (secondary N) is 1. The van der Waals surface area contributed by atoms with Gasteiger partial charge in [0.05, 0.1) is 17.8 Å². The molecule has 0 aromatic carbocycles. The minimum Gasteiger partial charge on any atom is -0.397 e. The largest absolute Gasteiger partial charge is 0.397 e. The molecule has 21 heavy (non-hydrogen) atoms. The van der Waals surface area contributed by atoms with Crippen LogP contribution in [-0.2, 0) is 0 Å². The number of amides is 1. The van der Waals surface area contributed by atoms with Crippen molar-refractivity contribution in [3.05, 3.63) is 18.0 Å². The van der Waals surface area contributed by atoms with Crippen molar-refractivity contribution in [1.82, 2.24) is 9.88 Å². The Morgan fingerprint density at radius 1 is 1.52 bits per heavy atom. The van der Waals surface area contributed by atoms with E-state index in [9.17, 15) is 9.90 Å². The summed E-state index contributed by atoms with van der Waals surface area (Å²) in [5.74, 6) is 0.424. The number of nitrogens with two attached hydrogens (primary N) is 1. The Morgan fingerprint density at radius 2 is 2.29 bits per heavy atom. The van der Waals surface area contributed by atoms with Crippen LogP contribution >= 0.6 is 0 Å². The van der Waals surface area contributed by atoms with Crippen LogP contribution < -0.4 is 11.1 Å². The van der Waals surface area contributed by atoms with Crippen LogP contribution in [0.25, 0.3) is 0 Å². The second-order valence-corrected chi connectivity index (χ2v) is 6.89. The Morgan fingerprint density at radius 3 is 2.90 bits per heavy atom. The minimum atomic E-state index is -0.470. The molecule has 0 radical (unpaired) electrons. The summed E-state index contributed by atoms with van der Waals surface area (Å²) < 4.78 is 1.99. The number of aliphatic hydroxyl groups is 1. The number of nitrogen functional groups attached to an aromatic ring is 1. The van der Waals surface area contributed by atoms with E-state index in [-0.39, 0.29) is 12.5 Å². The lowest BCUT2D eigenvalue weighted by atomic mass is 9.77. The van der Waals surface area contributed by atoms with E-state index in [1.165, 1.54) is 6.42 Å². The first-order valence-corrected chi connectivity index (χ1v) is 7.94. The molecule has 5 heteroatoms. The van der Waals surface area contributed by atoms with Crippen molar-refractivity contribution in [1.29, 1.82) is 0 Å². The van der Waals surface area contributed by atoms with E-state index in [1.54, 1.807) is 6.07 Å². The number of aliphatic hydroxyl groups excluding tert-OH is 1. The van der Waals surface area contributed by atoms with E-state index in [0.717, 1.165) is 32.1 Å². The second-order valence-electron chi connectivity index (χ2n) is 6.89. The maximum atomic E-state index is 12.7. The van der Waals surface area contributed by atoms with Gasteiger partial charge in [0.1, 0.15) is 5.69 Å². The molecule has 2 aliphatic carbocycles. The molecule has 2 unspecified atom stereocenters. The molecule has 2 aliphatic rings. The summed E-state index contributed by atoms with van der Waals surface area (Å²) in [6, 6.07) is 2.16. The van der Waals surface area contributed by atoms with Crippen LogP contribution in [0.5, 0.6) is 0 Å². The monoisotopic (exact) mass is 291 g/mol. The quantitative estimate of drug-likeness (QED) is 0.794. The Hall–Kier alpha value is -1.49. The van der Waals surface area contributed by atoms with Crippen molar-refractivity contribution in [2.75, 3.05) is 12.3 Å². The average Bonchev–Trinajstić information content (AvgIpc) is 3.21. The summed E-state index contributed by atoms with van der Waals surface area (Å²) in [6.45, 7) is 2.18. The van der Waals surface area contributed by atoms with Crippen LogP contribution in [0.2, 0.25) is 0 Å². The summed E-state index contributed by atoms with van der Waals surface area (Å²) in [5, 5.41) is 12.9. The maximum Gasteiger partial charge on any atom is 0.268 e. The van der Waals surface area contributed by atoms with E-state index >= 15 is 0 Å². The molecule has 0 spiro atoms. The third-order valence-electron chi connectivity index (χ3n) is 4.82. The van der Waals surface area contributed by atoms with E-state index in [1.807, 2.05) is 10.8 Å². The summed E-state index contributed by atoms with van der Waals surface area (Å²) >= 11 is 0. The van der Waals surface area contributed by atoms with Crippen molar-refractivity contribution in [2.24, 2.45) is 5.92 Å². The Bertz CT molecular complexity index is 536. The third-order valence-corrected chi connectivity index (χ3v) is 4.82. The molecule has 3 rings (SSSR count). The van der Waals surface area contributed by atoms with Gasteiger partial charge in [-0.15, -0.1) is 0 Å². The van der Waals surface area contributed by atoms with E-state index in [4.69, 9.17) is 5.73 Å². The highest BCUT2D eigenvalue weighted by atomic mass is 16.3. The third kappa shape index (κ3) is 2.93. The Kier molecular flexibility index (Phi) is 3.69. The molecule has 2 fully saturated rings. The zero-order chi connectivity index (χ0) is 15.0. The molecule has 0 saturated heterocycles. The maximum absolute atomic E-state index is 12.7. The zero-order valence-corrected chi connectivity index (χ0v) is 12.6. The van der Waals surface area contributed by atoms with Gasteiger partial charge in [-0.05, 0) is 37.7 Å². The number of hydrogen-bond acceptors (Lipinski definition) is 3. The lowest BCUT2D eigenvalue weighted by Gasteiger charge is -2.39. The minimum absolute atomic E-state index is 0.00268. The molecule has 1 amide bonds. The molecule has 0 bridgehead atoms. The van der Waals surface area contributed by atoms with Crippen molar-refractivity contribution >= 4 is 11.6 Å². The molecule has 4 N–H and O–H groups in total. The van der Waals surface area contributed by atoms with Gasteiger partial charge in [0.15, 0.2) is 0 Å². The fourth-order valence-electron chi connectivity index (χ4n) is 3.60. The van der Waals surface area contributed by atoms with Gasteiger partial charge in [0.2, 0.25) is 0 Å². The van der Waals surface area contributed by atoms with Crippen LogP contribution in [-0.4, -0.2) is 27.7 Å². The predicted octanol–water partition coefficient (Wildman–Crippen LogP) is 2.08. The van der Waals surface area contributed by atoms with Gasteiger partial charge in [-0.2, -0.15) is 0 Å². The SMILES string of the molecule is CC1CCCC(CO)(NC(=O)c2cc(N)cn2C2CC2)C1. The highest BCUT2D eigenvalue weighted by Crippen LogP contribution is 2.37. The normalized spacial score (nSPS) is 29.3. The number of hydrogen-bond donors (Lipinski definition) is 3. The molecule has 2 saturated carbocycles. The van der Waals surface area contributed by atoms with E-state index in [2.05, 4.69) is 12.2 Å². The topological polar surface area (TPSA) is 80.3 Å². The van der Waals surface area contributed by atoms with E-state index < -0.39 is 5.54 Å². The second kappa shape index (κ2) is 5.37. The van der Waals surface area contributed by atoms with Crippen molar-refractivity contribution < 1.29 is 9.90 Å². The molecule has 2 atom stereocenters. The molecule has 1 aromatic heterocycles. The Balaban J connectivity index is 1.78. The van der Waals surface area contributed by atoms with Crippen molar-refractivity contribution in [2.45, 2.75) is 57.0 Å². The first-order valence-electron chi connectivity index (χ1n) is 7.94. The molecular formula is C16H25N3O2. The standard InChI is InChI=1S/C16H25N3O2/c1-11-3-2-6-16(8-11,10-20)18-15(21)14-7-12(17)9-19(14)13-4-5-13/h7,9,11,13,20H,2-6,8,10,17H2,1H3,(H,18,21). The first-order chi connectivity index (χ1) is 10.0. The van der Waals surface area contributed by atoms with Crippen LogP contribution in [0, 0.1) is 5.92 Å². The molecule has 116 valence electrons. The first kappa shape index (κ1) is 14.4. The fraction of sp³-hybridized carbons (Fsp3) is 0.688. The predicted molar refractivity (Wildman–Crippen MR) is 82.0 cm³/mol. The van der Waals surface area contributed by atoms with Crippen LogP contribution in [0.15, 0.2) is 12.3 Å². The van der Waals surface area contributed by atoms with Crippen LogP contribution in [0.3, 0.4) is 0 Å². The number of carbonyl (C=O) groups is 1. The summed E-state index contributed by atoms with van der Waals surface area (Å²) in [6.07, 6.45) is 7.97. The number of anilines is 1. The van der Waals surface area contributed by atoms with E-state index in [0.29, 0.717) is 23.3 Å². The van der Waals surface area contributed by atoms with Crippen molar-refractivity contribution in [3.8, 4) is 0 Å². The van der Waals surface area contributed by atoms with Crippen molar-refractivity contribution in [3.63, 3.8) is 0 Å². The van der Waals surface area contributed by atoms with Crippen LogP contribution in [0.4, 0.5) is 5.69 Å². The number of carbonyl (C=O) groups excluding carboxylic acids is 1. The molecule has 5 nitrogen and oxygen atoms in total. The van der Waals surface area contributed by atoms with Gasteiger partial charge in [0.25, 0.3) is 5.91 Å². The van der Waals surface area contributed by atoms with Gasteiger partial charge in [-0.1, -0.05) is 19.8 Å². The van der Waals surface area contributed by atoms with Gasteiger partial charge in [-0.25, -0.2) is 0 Å². The molecule has 1 heterocycles. The summed E-state index contributed by atoms with van der Waals surface area (Å²) in [5.41, 5.74) is 6.64. The zero-order valence-electron chi connectivity index (χ0n) is 12.6. The lowest BCUT2D eigenvalue weighted by Crippen LogP contribution is -2.54. The summed E-state index contributed by atoms with van der Waals surface area (Å²) in [4.78, 5) is 12.7. The average molecular weight is 291 g/mol. The number of rotatable bonds is 4. The smallest absolute Gasteiger partial charge is 0.268 e. The highest BCUT2D eigenvalue weighted by Gasteiger charge is 2.37. The Labute approximate surface area is 125 Å². The fourth-order valence-corrected chi connectivity index (χ4v) is 3.60. The summed E-state index contributed by atoms with van der Waals surface area (Å²) in [7, 11) is 0. The van der Waals surface area contributed by atoms with Gasteiger partial charge >= 0.3 is 0 Å². The van der Waals surface area contributed by atoms with Gasteiger partial charge in [0, 0.05) is 12.2 Å². The molecular weight excluding hydrogens is 266 g/mol. The molecule has 1 aromatic rings.